The molecule has 0 radical (unpaired) electrons. The maximum absolute atomic E-state index is 5.65. The van der Waals surface area contributed by atoms with E-state index < -0.39 is 0 Å². The second kappa shape index (κ2) is 6.43. The Morgan fingerprint density at radius 3 is 2.75 bits per heavy atom. The van der Waals surface area contributed by atoms with E-state index in [1.807, 2.05) is 0 Å². The summed E-state index contributed by atoms with van der Waals surface area (Å²) in [6.45, 7) is 7.35. The van der Waals surface area contributed by atoms with Crippen LogP contribution in [0.25, 0.3) is 0 Å². The summed E-state index contributed by atoms with van der Waals surface area (Å²) in [5, 5.41) is 0. The van der Waals surface area contributed by atoms with Crippen molar-refractivity contribution >= 4 is 0 Å². The number of aromatic nitrogens is 2. The number of unbranched alkanes of at least 4 members (excludes halogenated alkanes) is 1. The van der Waals surface area contributed by atoms with Crippen LogP contribution in [0.5, 0.6) is 5.75 Å². The van der Waals surface area contributed by atoms with E-state index in [0.29, 0.717) is 19.1 Å². The normalized spacial score (nSPS) is 10.8. The van der Waals surface area contributed by atoms with Crippen molar-refractivity contribution < 1.29 is 4.74 Å². The molecule has 0 saturated heterocycles. The summed E-state index contributed by atoms with van der Waals surface area (Å²) in [7, 11) is 0. The Morgan fingerprint density at radius 1 is 1.44 bits per heavy atom. The van der Waals surface area contributed by atoms with Gasteiger partial charge in [0.1, 0.15) is 5.82 Å². The van der Waals surface area contributed by atoms with Crippen LogP contribution >= 0.6 is 0 Å². The van der Waals surface area contributed by atoms with Gasteiger partial charge in [-0.15, -0.1) is 0 Å². The van der Waals surface area contributed by atoms with Crippen molar-refractivity contribution in [2.24, 2.45) is 5.73 Å². The van der Waals surface area contributed by atoms with E-state index >= 15 is 0 Å². The number of hydrogen-bond donors (Lipinski definition) is 1. The van der Waals surface area contributed by atoms with Gasteiger partial charge in [0, 0.05) is 12.5 Å². The molecule has 0 bridgehead atoms. The number of rotatable bonds is 6. The lowest BCUT2D eigenvalue weighted by molar-refractivity contribution is 0.302. The molecular weight excluding hydrogens is 202 g/mol. The Balaban J connectivity index is 2.76. The van der Waals surface area contributed by atoms with Gasteiger partial charge in [-0.25, -0.2) is 9.97 Å². The molecule has 0 amide bonds. The zero-order valence-corrected chi connectivity index (χ0v) is 10.4. The molecule has 0 aliphatic rings. The molecule has 0 fully saturated rings. The maximum Gasteiger partial charge on any atom is 0.160 e. The quantitative estimate of drug-likeness (QED) is 0.751. The number of nitrogens with two attached hydrogens (primary N) is 1. The molecule has 0 atom stereocenters. The Bertz CT molecular complexity index is 326. The van der Waals surface area contributed by atoms with Crippen molar-refractivity contribution in [3.63, 3.8) is 0 Å². The molecule has 1 aromatic rings. The summed E-state index contributed by atoms with van der Waals surface area (Å²) in [4.78, 5) is 8.68. The molecular formula is C12H21N3O. The van der Waals surface area contributed by atoms with Gasteiger partial charge in [-0.2, -0.15) is 0 Å². The average molecular weight is 223 g/mol. The molecule has 0 aliphatic carbocycles. The molecule has 0 aromatic carbocycles. The first-order chi connectivity index (χ1) is 7.69. The molecule has 1 heterocycles. The zero-order chi connectivity index (χ0) is 12.0. The van der Waals surface area contributed by atoms with Crippen molar-refractivity contribution in [1.29, 1.82) is 0 Å². The molecule has 1 rings (SSSR count). The van der Waals surface area contributed by atoms with Crippen molar-refractivity contribution in [1.82, 2.24) is 9.97 Å². The predicted octanol–water partition coefficient (Wildman–Crippen LogP) is 2.24. The average Bonchev–Trinajstić information content (AvgIpc) is 2.29. The molecule has 16 heavy (non-hydrogen) atoms. The zero-order valence-electron chi connectivity index (χ0n) is 10.4. The van der Waals surface area contributed by atoms with E-state index in [1.165, 1.54) is 0 Å². The van der Waals surface area contributed by atoms with Crippen LogP contribution in [0.4, 0.5) is 0 Å². The first-order valence-electron chi connectivity index (χ1n) is 5.87. The standard InChI is InChI=1S/C12H21N3O/c1-4-5-6-16-11-8-14-12(9(2)3)15-10(11)7-13/h8-9H,4-7,13H2,1-3H3. The fourth-order valence-corrected chi connectivity index (χ4v) is 1.29. The summed E-state index contributed by atoms with van der Waals surface area (Å²) in [5.74, 6) is 1.86. The molecule has 0 saturated carbocycles. The fourth-order valence-electron chi connectivity index (χ4n) is 1.29. The molecule has 0 unspecified atom stereocenters. The van der Waals surface area contributed by atoms with Gasteiger partial charge in [0.15, 0.2) is 5.75 Å². The number of hydrogen-bond acceptors (Lipinski definition) is 4. The number of ether oxygens (including phenoxy) is 1. The van der Waals surface area contributed by atoms with Crippen LogP contribution < -0.4 is 10.5 Å². The van der Waals surface area contributed by atoms with E-state index in [4.69, 9.17) is 10.5 Å². The largest absolute Gasteiger partial charge is 0.490 e. The van der Waals surface area contributed by atoms with E-state index in [2.05, 4.69) is 30.7 Å². The smallest absolute Gasteiger partial charge is 0.160 e. The second-order valence-electron chi connectivity index (χ2n) is 4.10. The highest BCUT2D eigenvalue weighted by atomic mass is 16.5. The third-order valence-corrected chi connectivity index (χ3v) is 2.31. The van der Waals surface area contributed by atoms with Crippen LogP contribution in [0, 0.1) is 0 Å². The summed E-state index contributed by atoms with van der Waals surface area (Å²) in [5.41, 5.74) is 6.45. The van der Waals surface area contributed by atoms with Crippen molar-refractivity contribution in [3.8, 4) is 5.75 Å². The third-order valence-electron chi connectivity index (χ3n) is 2.31. The Kier molecular flexibility index (Phi) is 5.19. The first-order valence-corrected chi connectivity index (χ1v) is 5.87. The minimum atomic E-state index is 0.315. The molecule has 1 aromatic heterocycles. The Hall–Kier alpha value is -1.16. The van der Waals surface area contributed by atoms with Gasteiger partial charge in [0.2, 0.25) is 0 Å². The van der Waals surface area contributed by atoms with Crippen LogP contribution in [0.1, 0.15) is 51.0 Å². The summed E-state index contributed by atoms with van der Waals surface area (Å²) >= 11 is 0. The van der Waals surface area contributed by atoms with Crippen LogP contribution in [0.3, 0.4) is 0 Å². The third kappa shape index (κ3) is 3.45. The maximum atomic E-state index is 5.65. The Morgan fingerprint density at radius 2 is 2.19 bits per heavy atom. The lowest BCUT2D eigenvalue weighted by atomic mass is 10.2. The van der Waals surface area contributed by atoms with Gasteiger partial charge in [-0.1, -0.05) is 27.2 Å². The predicted molar refractivity (Wildman–Crippen MR) is 64.4 cm³/mol. The van der Waals surface area contributed by atoms with E-state index in [0.717, 1.165) is 30.1 Å². The van der Waals surface area contributed by atoms with Crippen LogP contribution in [-0.2, 0) is 6.54 Å². The lowest BCUT2D eigenvalue weighted by Gasteiger charge is -2.11. The van der Waals surface area contributed by atoms with Gasteiger partial charge in [-0.05, 0) is 6.42 Å². The molecule has 2 N–H and O–H groups in total. The molecule has 90 valence electrons. The summed E-state index contributed by atoms with van der Waals surface area (Å²) in [6, 6.07) is 0. The lowest BCUT2D eigenvalue weighted by Crippen LogP contribution is -2.09. The van der Waals surface area contributed by atoms with E-state index in [9.17, 15) is 0 Å². The monoisotopic (exact) mass is 223 g/mol. The van der Waals surface area contributed by atoms with Gasteiger partial charge in [-0.3, -0.25) is 0 Å². The van der Waals surface area contributed by atoms with Crippen molar-refractivity contribution in [2.75, 3.05) is 6.61 Å². The minimum absolute atomic E-state index is 0.315. The van der Waals surface area contributed by atoms with Crippen LogP contribution in [-0.4, -0.2) is 16.6 Å². The second-order valence-corrected chi connectivity index (χ2v) is 4.10. The van der Waals surface area contributed by atoms with E-state index in [1.54, 1.807) is 6.20 Å². The Labute approximate surface area is 97.2 Å². The fraction of sp³-hybridized carbons (Fsp3) is 0.667. The highest BCUT2D eigenvalue weighted by molar-refractivity contribution is 5.25. The van der Waals surface area contributed by atoms with Crippen LogP contribution in [0.2, 0.25) is 0 Å². The summed E-state index contributed by atoms with van der Waals surface area (Å²) < 4.78 is 5.60. The van der Waals surface area contributed by atoms with Gasteiger partial charge < -0.3 is 10.5 Å². The van der Waals surface area contributed by atoms with Gasteiger partial charge >= 0.3 is 0 Å². The highest BCUT2D eigenvalue weighted by Gasteiger charge is 2.09. The van der Waals surface area contributed by atoms with Gasteiger partial charge in [0.05, 0.1) is 18.5 Å². The molecule has 0 aliphatic heterocycles. The van der Waals surface area contributed by atoms with Crippen molar-refractivity contribution in [2.45, 2.75) is 46.1 Å². The highest BCUT2D eigenvalue weighted by Crippen LogP contribution is 2.18. The van der Waals surface area contributed by atoms with Gasteiger partial charge in [0.25, 0.3) is 0 Å². The minimum Gasteiger partial charge on any atom is -0.490 e. The molecule has 0 spiro atoms. The topological polar surface area (TPSA) is 61.0 Å². The SMILES string of the molecule is CCCCOc1cnc(C(C)C)nc1CN. The number of nitrogens with zero attached hydrogens (tertiary/aromatic N) is 2. The molecule has 4 nitrogen and oxygen atoms in total. The van der Waals surface area contributed by atoms with E-state index in [-0.39, 0.29) is 0 Å². The van der Waals surface area contributed by atoms with Crippen molar-refractivity contribution in [3.05, 3.63) is 17.7 Å². The van der Waals surface area contributed by atoms with Crippen LogP contribution in [0.15, 0.2) is 6.20 Å². The first kappa shape index (κ1) is 12.9. The summed E-state index contributed by atoms with van der Waals surface area (Å²) in [6.07, 6.45) is 3.89. The molecule has 4 heteroatoms.